The minimum Gasteiger partial charge on any atom is -0.611 e. The van der Waals surface area contributed by atoms with Gasteiger partial charge in [0.25, 0.3) is 11.8 Å². The van der Waals surface area contributed by atoms with E-state index in [9.17, 15) is 4.55 Å². The molecular formula is C15H14N4O2S. The van der Waals surface area contributed by atoms with Gasteiger partial charge < -0.3 is 8.97 Å². The molecule has 3 rings (SSSR count). The number of hydrogen-bond acceptors (Lipinski definition) is 6. The summed E-state index contributed by atoms with van der Waals surface area (Å²) in [6.07, 6.45) is 3.34. The predicted octanol–water partition coefficient (Wildman–Crippen LogP) is 2.63. The van der Waals surface area contributed by atoms with E-state index in [0.717, 1.165) is 5.56 Å². The first-order chi connectivity index (χ1) is 10.7. The molecule has 22 heavy (non-hydrogen) atoms. The largest absolute Gasteiger partial charge is 0.611 e. The van der Waals surface area contributed by atoms with Crippen LogP contribution in [0.4, 0.5) is 0 Å². The maximum Gasteiger partial charge on any atom is 0.271 e. The topological polar surface area (TPSA) is 87.8 Å². The molecule has 1 atom stereocenters. The third-order valence-electron chi connectivity index (χ3n) is 3.04. The Labute approximate surface area is 130 Å². The summed E-state index contributed by atoms with van der Waals surface area (Å²) in [6.45, 7) is 3.80. The number of hydrogen-bond donors (Lipinski definition) is 0. The third kappa shape index (κ3) is 2.86. The van der Waals surface area contributed by atoms with Crippen molar-refractivity contribution in [3.8, 4) is 23.2 Å². The minimum atomic E-state index is -1.15. The lowest BCUT2D eigenvalue weighted by Crippen LogP contribution is -2.06. The van der Waals surface area contributed by atoms with Gasteiger partial charge in [-0.05, 0) is 48.8 Å². The Morgan fingerprint density at radius 3 is 2.68 bits per heavy atom. The van der Waals surface area contributed by atoms with E-state index in [0.29, 0.717) is 27.9 Å². The van der Waals surface area contributed by atoms with Crippen molar-refractivity contribution >= 4 is 11.2 Å². The number of nitrogens with zero attached hydrogens (tertiary/aromatic N) is 4. The van der Waals surface area contributed by atoms with E-state index in [4.69, 9.17) is 4.42 Å². The smallest absolute Gasteiger partial charge is 0.271 e. The molecule has 0 saturated heterocycles. The fourth-order valence-corrected chi connectivity index (χ4v) is 2.80. The van der Waals surface area contributed by atoms with Gasteiger partial charge in [0, 0.05) is 12.4 Å². The number of rotatable bonds is 4. The molecule has 6 nitrogen and oxygen atoms in total. The van der Waals surface area contributed by atoms with Crippen LogP contribution in [0.3, 0.4) is 0 Å². The monoisotopic (exact) mass is 314 g/mol. The Morgan fingerprint density at radius 1 is 1.14 bits per heavy atom. The molecule has 0 aliphatic carbocycles. The molecule has 0 bridgehead atoms. The summed E-state index contributed by atoms with van der Waals surface area (Å²) in [7, 11) is 0. The van der Waals surface area contributed by atoms with E-state index >= 15 is 0 Å². The molecule has 3 aromatic rings. The summed E-state index contributed by atoms with van der Waals surface area (Å²) in [5, 5.41) is 8.01. The molecule has 0 aliphatic heterocycles. The van der Waals surface area contributed by atoms with Gasteiger partial charge in [0.2, 0.25) is 0 Å². The first-order valence-electron chi connectivity index (χ1n) is 6.79. The molecule has 0 N–H and O–H groups in total. The van der Waals surface area contributed by atoms with Gasteiger partial charge in [-0.15, -0.1) is 10.2 Å². The van der Waals surface area contributed by atoms with Crippen LogP contribution in [0, 0.1) is 6.92 Å². The fraction of sp³-hybridized carbons (Fsp3) is 0.200. The van der Waals surface area contributed by atoms with Gasteiger partial charge in [0.15, 0.2) is 10.6 Å². The molecule has 7 heteroatoms. The van der Waals surface area contributed by atoms with Crippen molar-refractivity contribution in [2.75, 3.05) is 5.75 Å². The van der Waals surface area contributed by atoms with Crippen LogP contribution in [0.1, 0.15) is 12.5 Å². The maximum atomic E-state index is 12.1. The summed E-state index contributed by atoms with van der Waals surface area (Å²) >= 11 is -1.15. The summed E-state index contributed by atoms with van der Waals surface area (Å²) in [4.78, 5) is 9.08. The molecule has 1 unspecified atom stereocenters. The molecule has 0 fully saturated rings. The van der Waals surface area contributed by atoms with Gasteiger partial charge in [-0.1, -0.05) is 6.07 Å². The highest BCUT2D eigenvalue weighted by Crippen LogP contribution is 2.27. The van der Waals surface area contributed by atoms with Gasteiger partial charge in [0.1, 0.15) is 11.4 Å². The standard InChI is InChI=1S/C15H14N4O2S/c1-3-22(20)12-5-4-8-16-13(12)15-19-18-14(21-15)11-7-6-10(2)9-17-11/h4-9H,3H2,1-2H3. The van der Waals surface area contributed by atoms with Crippen LogP contribution in [0.15, 0.2) is 46.0 Å². The molecular weight excluding hydrogens is 300 g/mol. The van der Waals surface area contributed by atoms with E-state index in [1.165, 1.54) is 0 Å². The second kappa shape index (κ2) is 6.25. The Morgan fingerprint density at radius 2 is 1.95 bits per heavy atom. The molecule has 0 spiro atoms. The average Bonchev–Trinajstić information content (AvgIpc) is 3.04. The van der Waals surface area contributed by atoms with Crippen LogP contribution in [-0.4, -0.2) is 30.5 Å². The zero-order valence-corrected chi connectivity index (χ0v) is 13.0. The molecule has 112 valence electrons. The van der Waals surface area contributed by atoms with E-state index in [1.54, 1.807) is 24.5 Å². The van der Waals surface area contributed by atoms with Gasteiger partial charge in [0.05, 0.1) is 0 Å². The van der Waals surface area contributed by atoms with Crippen LogP contribution in [0.25, 0.3) is 23.2 Å². The van der Waals surface area contributed by atoms with Crippen molar-refractivity contribution in [1.29, 1.82) is 0 Å². The Kier molecular flexibility index (Phi) is 4.17. The maximum absolute atomic E-state index is 12.1. The first kappa shape index (κ1) is 14.7. The second-order valence-electron chi connectivity index (χ2n) is 4.62. The van der Waals surface area contributed by atoms with Crippen LogP contribution >= 0.6 is 0 Å². The highest BCUT2D eigenvalue weighted by atomic mass is 32.2. The number of aryl methyl sites for hydroxylation is 1. The van der Waals surface area contributed by atoms with E-state index in [-0.39, 0.29) is 5.89 Å². The van der Waals surface area contributed by atoms with Gasteiger partial charge in [-0.2, -0.15) is 0 Å². The Hall–Kier alpha value is -2.25. The highest BCUT2D eigenvalue weighted by molar-refractivity contribution is 7.91. The Bertz CT molecular complexity index is 773. The lowest BCUT2D eigenvalue weighted by molar-refractivity contribution is 0.574. The Balaban J connectivity index is 1.99. The molecule has 0 aromatic carbocycles. The van der Waals surface area contributed by atoms with Crippen molar-refractivity contribution < 1.29 is 8.97 Å². The summed E-state index contributed by atoms with van der Waals surface area (Å²) in [5.74, 6) is 1.06. The fourth-order valence-electron chi connectivity index (χ4n) is 1.91. The SMILES string of the molecule is CC[S+]([O-])c1cccnc1-c1nnc(-c2ccc(C)cn2)o1. The second-order valence-corrected chi connectivity index (χ2v) is 6.33. The van der Waals surface area contributed by atoms with Crippen LogP contribution in [-0.2, 0) is 11.2 Å². The van der Waals surface area contributed by atoms with Gasteiger partial charge in [-0.3, -0.25) is 4.98 Å². The van der Waals surface area contributed by atoms with Crippen LogP contribution in [0.5, 0.6) is 0 Å². The highest BCUT2D eigenvalue weighted by Gasteiger charge is 2.22. The minimum absolute atomic E-state index is 0.245. The summed E-state index contributed by atoms with van der Waals surface area (Å²) < 4.78 is 17.7. The van der Waals surface area contributed by atoms with E-state index in [1.807, 2.05) is 26.0 Å². The molecule has 0 amide bonds. The van der Waals surface area contributed by atoms with Crippen LogP contribution in [0.2, 0.25) is 0 Å². The van der Waals surface area contributed by atoms with Crippen molar-refractivity contribution in [2.45, 2.75) is 18.7 Å². The third-order valence-corrected chi connectivity index (χ3v) is 4.38. The lowest BCUT2D eigenvalue weighted by Gasteiger charge is -2.09. The molecule has 0 aliphatic rings. The number of aromatic nitrogens is 4. The first-order valence-corrected chi connectivity index (χ1v) is 8.11. The molecule has 0 saturated carbocycles. The van der Waals surface area contributed by atoms with Crippen molar-refractivity contribution in [2.24, 2.45) is 0 Å². The van der Waals surface area contributed by atoms with Gasteiger partial charge in [-0.25, -0.2) is 4.98 Å². The van der Waals surface area contributed by atoms with E-state index < -0.39 is 11.2 Å². The zero-order valence-electron chi connectivity index (χ0n) is 12.2. The van der Waals surface area contributed by atoms with Crippen molar-refractivity contribution in [3.63, 3.8) is 0 Å². The number of pyridine rings is 2. The van der Waals surface area contributed by atoms with Crippen LogP contribution < -0.4 is 0 Å². The average molecular weight is 314 g/mol. The van der Waals surface area contributed by atoms with Gasteiger partial charge >= 0.3 is 0 Å². The predicted molar refractivity (Wildman–Crippen MR) is 82.4 cm³/mol. The normalized spacial score (nSPS) is 12.3. The quantitative estimate of drug-likeness (QED) is 0.688. The van der Waals surface area contributed by atoms with Crippen molar-refractivity contribution in [3.05, 3.63) is 42.2 Å². The van der Waals surface area contributed by atoms with Crippen molar-refractivity contribution in [1.82, 2.24) is 20.2 Å². The molecule has 0 radical (unpaired) electrons. The summed E-state index contributed by atoms with van der Waals surface area (Å²) in [5.41, 5.74) is 2.10. The summed E-state index contributed by atoms with van der Waals surface area (Å²) in [6, 6.07) is 7.24. The van der Waals surface area contributed by atoms with E-state index in [2.05, 4.69) is 20.2 Å². The lowest BCUT2D eigenvalue weighted by atomic mass is 10.3. The molecule has 3 aromatic heterocycles. The molecule has 3 heterocycles. The zero-order chi connectivity index (χ0) is 15.5.